The molecule has 0 aliphatic carbocycles. The monoisotopic (exact) mass is 240 g/mol. The van der Waals surface area contributed by atoms with Gasteiger partial charge in [-0.3, -0.25) is 4.98 Å². The van der Waals surface area contributed by atoms with Gasteiger partial charge >= 0.3 is 0 Å². The molecule has 0 fully saturated rings. The molecule has 0 aliphatic rings. The third-order valence-electron chi connectivity index (χ3n) is 2.77. The molecular formula is C13H21FN2O. The van der Waals surface area contributed by atoms with Gasteiger partial charge in [0.25, 0.3) is 0 Å². The Kier molecular flexibility index (Phi) is 5.02. The quantitative estimate of drug-likeness (QED) is 0.802. The van der Waals surface area contributed by atoms with Gasteiger partial charge in [-0.05, 0) is 32.4 Å². The molecule has 0 saturated heterocycles. The lowest BCUT2D eigenvalue weighted by molar-refractivity contribution is 0.0475. The first-order valence-corrected chi connectivity index (χ1v) is 6.02. The van der Waals surface area contributed by atoms with Crippen LogP contribution >= 0.6 is 0 Å². The van der Waals surface area contributed by atoms with E-state index in [1.54, 1.807) is 6.07 Å². The van der Waals surface area contributed by atoms with E-state index in [0.717, 1.165) is 18.5 Å². The van der Waals surface area contributed by atoms with Crippen LogP contribution in [-0.2, 0) is 0 Å². The minimum atomic E-state index is -0.705. The molecular weight excluding hydrogens is 219 g/mol. The summed E-state index contributed by atoms with van der Waals surface area (Å²) in [5.74, 6) is -0.334. The Morgan fingerprint density at radius 1 is 1.53 bits per heavy atom. The molecule has 1 rings (SSSR count). The zero-order chi connectivity index (χ0) is 12.9. The van der Waals surface area contributed by atoms with Crippen LogP contribution in [0.3, 0.4) is 0 Å². The molecule has 2 unspecified atom stereocenters. The normalized spacial score (nSPS) is 16.5. The highest BCUT2D eigenvalue weighted by Gasteiger charge is 2.20. The maximum absolute atomic E-state index is 12.7. The van der Waals surface area contributed by atoms with Gasteiger partial charge in [-0.25, -0.2) is 4.39 Å². The molecule has 1 aromatic rings. The van der Waals surface area contributed by atoms with Gasteiger partial charge in [0.15, 0.2) is 0 Å². The number of aromatic nitrogens is 1. The fraction of sp³-hybridized carbons (Fsp3) is 0.615. The average Bonchev–Trinajstić information content (AvgIpc) is 2.27. The first-order valence-electron chi connectivity index (χ1n) is 6.02. The van der Waals surface area contributed by atoms with Crippen molar-refractivity contribution in [3.05, 3.63) is 29.8 Å². The SMILES string of the molecule is CCCC(C)(O)CNC(C)c1ccc(F)cn1. The molecule has 1 aromatic heterocycles. The summed E-state index contributed by atoms with van der Waals surface area (Å²) in [7, 11) is 0. The van der Waals surface area contributed by atoms with Gasteiger partial charge in [0, 0.05) is 12.6 Å². The molecule has 0 aromatic carbocycles. The predicted molar refractivity (Wildman–Crippen MR) is 66.1 cm³/mol. The van der Waals surface area contributed by atoms with Crippen LogP contribution in [-0.4, -0.2) is 22.2 Å². The fourth-order valence-electron chi connectivity index (χ4n) is 1.75. The summed E-state index contributed by atoms with van der Waals surface area (Å²) in [6.07, 6.45) is 2.90. The zero-order valence-electron chi connectivity index (χ0n) is 10.7. The lowest BCUT2D eigenvalue weighted by Gasteiger charge is -2.25. The van der Waals surface area contributed by atoms with Crippen molar-refractivity contribution in [1.29, 1.82) is 0 Å². The number of hydrogen-bond acceptors (Lipinski definition) is 3. The molecule has 2 atom stereocenters. The maximum Gasteiger partial charge on any atom is 0.141 e. The van der Waals surface area contributed by atoms with E-state index in [0.29, 0.717) is 6.54 Å². The predicted octanol–water partition coefficient (Wildman–Crippen LogP) is 2.42. The molecule has 17 heavy (non-hydrogen) atoms. The highest BCUT2D eigenvalue weighted by Crippen LogP contribution is 2.14. The second-order valence-electron chi connectivity index (χ2n) is 4.75. The van der Waals surface area contributed by atoms with Crippen LogP contribution in [0, 0.1) is 5.82 Å². The first-order chi connectivity index (χ1) is 7.94. The van der Waals surface area contributed by atoms with E-state index in [4.69, 9.17) is 0 Å². The molecule has 1 heterocycles. The van der Waals surface area contributed by atoms with Crippen LogP contribution in [0.4, 0.5) is 4.39 Å². The molecule has 0 radical (unpaired) electrons. The third kappa shape index (κ3) is 4.79. The summed E-state index contributed by atoms with van der Waals surface area (Å²) in [5.41, 5.74) is 0.0713. The Labute approximate surface area is 102 Å². The molecule has 2 N–H and O–H groups in total. The van der Waals surface area contributed by atoms with E-state index in [-0.39, 0.29) is 11.9 Å². The van der Waals surface area contributed by atoms with Crippen molar-refractivity contribution in [1.82, 2.24) is 10.3 Å². The van der Waals surface area contributed by atoms with Gasteiger partial charge in [-0.2, -0.15) is 0 Å². The maximum atomic E-state index is 12.7. The van der Waals surface area contributed by atoms with Crippen molar-refractivity contribution in [3.8, 4) is 0 Å². The highest BCUT2D eigenvalue weighted by atomic mass is 19.1. The van der Waals surface area contributed by atoms with Gasteiger partial charge in [0.2, 0.25) is 0 Å². The Morgan fingerprint density at radius 3 is 2.76 bits per heavy atom. The van der Waals surface area contributed by atoms with Crippen molar-refractivity contribution < 1.29 is 9.50 Å². The van der Waals surface area contributed by atoms with E-state index >= 15 is 0 Å². The lowest BCUT2D eigenvalue weighted by atomic mass is 10.0. The van der Waals surface area contributed by atoms with Gasteiger partial charge in [-0.1, -0.05) is 13.3 Å². The van der Waals surface area contributed by atoms with Crippen molar-refractivity contribution in [3.63, 3.8) is 0 Å². The molecule has 0 spiro atoms. The van der Waals surface area contributed by atoms with Crippen molar-refractivity contribution in [2.24, 2.45) is 0 Å². The molecule has 0 bridgehead atoms. The number of pyridine rings is 1. The molecule has 3 nitrogen and oxygen atoms in total. The van der Waals surface area contributed by atoms with Crippen molar-refractivity contribution in [2.45, 2.75) is 45.3 Å². The Morgan fingerprint density at radius 2 is 2.24 bits per heavy atom. The average molecular weight is 240 g/mol. The second kappa shape index (κ2) is 6.07. The first kappa shape index (κ1) is 14.1. The number of nitrogens with zero attached hydrogens (tertiary/aromatic N) is 1. The van der Waals surface area contributed by atoms with Crippen LogP contribution in [0.1, 0.15) is 45.3 Å². The van der Waals surface area contributed by atoms with Gasteiger partial charge in [-0.15, -0.1) is 0 Å². The van der Waals surface area contributed by atoms with Crippen LogP contribution in [0.15, 0.2) is 18.3 Å². The Balaban J connectivity index is 2.49. The van der Waals surface area contributed by atoms with Crippen LogP contribution in [0.5, 0.6) is 0 Å². The largest absolute Gasteiger partial charge is 0.389 e. The van der Waals surface area contributed by atoms with E-state index in [9.17, 15) is 9.50 Å². The standard InChI is InChI=1S/C13H21FN2O/c1-4-7-13(3,17)9-16-10(2)12-6-5-11(14)8-15-12/h5-6,8,10,16-17H,4,7,9H2,1-3H3. The summed E-state index contributed by atoms with van der Waals surface area (Å²) in [6.45, 7) is 6.30. The molecule has 0 saturated carbocycles. The minimum absolute atomic E-state index is 0.000990. The fourth-order valence-corrected chi connectivity index (χ4v) is 1.75. The number of rotatable bonds is 6. The van der Waals surface area contributed by atoms with Crippen molar-refractivity contribution in [2.75, 3.05) is 6.54 Å². The van der Waals surface area contributed by atoms with Gasteiger partial charge < -0.3 is 10.4 Å². The minimum Gasteiger partial charge on any atom is -0.389 e. The molecule has 96 valence electrons. The topological polar surface area (TPSA) is 45.1 Å². The van der Waals surface area contributed by atoms with Crippen LogP contribution < -0.4 is 5.32 Å². The third-order valence-corrected chi connectivity index (χ3v) is 2.77. The number of nitrogens with one attached hydrogen (secondary N) is 1. The summed E-state index contributed by atoms with van der Waals surface area (Å²) >= 11 is 0. The number of hydrogen-bond donors (Lipinski definition) is 2. The summed E-state index contributed by atoms with van der Waals surface area (Å²) in [5, 5.41) is 13.2. The molecule has 0 aliphatic heterocycles. The van der Waals surface area contributed by atoms with E-state index in [2.05, 4.69) is 10.3 Å². The van der Waals surface area contributed by atoms with Gasteiger partial charge in [0.05, 0.1) is 17.5 Å². The summed E-state index contributed by atoms with van der Waals surface area (Å²) < 4.78 is 12.7. The van der Waals surface area contributed by atoms with Crippen LogP contribution in [0.2, 0.25) is 0 Å². The number of aliphatic hydroxyl groups is 1. The number of halogens is 1. The Bertz CT molecular complexity index is 338. The molecule has 4 heteroatoms. The van der Waals surface area contributed by atoms with Crippen molar-refractivity contribution >= 4 is 0 Å². The van der Waals surface area contributed by atoms with E-state index in [1.165, 1.54) is 12.3 Å². The van der Waals surface area contributed by atoms with E-state index < -0.39 is 5.60 Å². The zero-order valence-corrected chi connectivity index (χ0v) is 10.7. The summed E-state index contributed by atoms with van der Waals surface area (Å²) in [6, 6.07) is 3.05. The van der Waals surface area contributed by atoms with Crippen LogP contribution in [0.25, 0.3) is 0 Å². The second-order valence-corrected chi connectivity index (χ2v) is 4.75. The lowest BCUT2D eigenvalue weighted by Crippen LogP contribution is -2.38. The summed E-state index contributed by atoms with van der Waals surface area (Å²) in [4.78, 5) is 4.01. The highest BCUT2D eigenvalue weighted by molar-refractivity contribution is 5.09. The Hall–Kier alpha value is -1.00. The smallest absolute Gasteiger partial charge is 0.141 e. The van der Waals surface area contributed by atoms with Gasteiger partial charge in [0.1, 0.15) is 5.82 Å². The van der Waals surface area contributed by atoms with E-state index in [1.807, 2.05) is 20.8 Å². The molecule has 0 amide bonds.